The second kappa shape index (κ2) is 5.34. The molecular weight excluding hydrogens is 266 g/mol. The van der Waals surface area contributed by atoms with E-state index in [-0.39, 0.29) is 0 Å². The van der Waals surface area contributed by atoms with Crippen molar-refractivity contribution in [3.8, 4) is 0 Å². The Kier molecular flexibility index (Phi) is 3.69. The summed E-state index contributed by atoms with van der Waals surface area (Å²) in [6.45, 7) is 7.90. The van der Waals surface area contributed by atoms with Crippen molar-refractivity contribution in [2.45, 2.75) is 38.8 Å². The zero-order chi connectivity index (χ0) is 14.3. The van der Waals surface area contributed by atoms with Crippen LogP contribution in [0.15, 0.2) is 18.2 Å². The number of rotatable bonds is 2. The third kappa shape index (κ3) is 2.42. The van der Waals surface area contributed by atoms with Crippen LogP contribution in [0.1, 0.15) is 30.9 Å². The fourth-order valence-corrected chi connectivity index (χ4v) is 3.78. The van der Waals surface area contributed by atoms with E-state index in [9.17, 15) is 0 Å². The van der Waals surface area contributed by atoms with Gasteiger partial charge in [-0.15, -0.1) is 0 Å². The standard InChI is InChI=1S/C16H23N3S/c1-11-5-6-15(14(8-11)16(17)20)19-10-13-4-3-7-18(13)9-12(19)2/h5-6,8,12-13H,3-4,7,9-10H2,1-2H3,(H2,17,20). The second-order valence-corrected chi connectivity index (χ2v) is 6.62. The summed E-state index contributed by atoms with van der Waals surface area (Å²) in [5.41, 5.74) is 9.39. The first-order valence-electron chi connectivity index (χ1n) is 7.47. The number of fused-ring (bicyclic) bond motifs is 1. The van der Waals surface area contributed by atoms with Crippen molar-refractivity contribution >= 4 is 22.9 Å². The molecule has 1 aromatic rings. The van der Waals surface area contributed by atoms with E-state index in [2.05, 4.69) is 41.8 Å². The molecule has 20 heavy (non-hydrogen) atoms. The minimum absolute atomic E-state index is 0.504. The Hall–Kier alpha value is -1.13. The number of anilines is 1. The first kappa shape index (κ1) is 13.8. The van der Waals surface area contributed by atoms with E-state index in [1.165, 1.54) is 30.6 Å². The summed E-state index contributed by atoms with van der Waals surface area (Å²) < 4.78 is 0. The normalized spacial score (nSPS) is 26.6. The molecule has 0 aromatic heterocycles. The Balaban J connectivity index is 1.93. The molecule has 108 valence electrons. The van der Waals surface area contributed by atoms with Crippen LogP contribution in [0.3, 0.4) is 0 Å². The van der Waals surface area contributed by atoms with Crippen LogP contribution in [0.2, 0.25) is 0 Å². The van der Waals surface area contributed by atoms with Crippen LogP contribution in [-0.2, 0) is 0 Å². The van der Waals surface area contributed by atoms with Gasteiger partial charge in [0.1, 0.15) is 4.99 Å². The van der Waals surface area contributed by atoms with Crippen LogP contribution in [0.5, 0.6) is 0 Å². The lowest BCUT2D eigenvalue weighted by Gasteiger charge is -2.44. The molecule has 3 nitrogen and oxygen atoms in total. The van der Waals surface area contributed by atoms with Gasteiger partial charge in [0.15, 0.2) is 0 Å². The van der Waals surface area contributed by atoms with Crippen LogP contribution < -0.4 is 10.6 Å². The van der Waals surface area contributed by atoms with Crippen molar-refractivity contribution < 1.29 is 0 Å². The van der Waals surface area contributed by atoms with Gasteiger partial charge in [-0.2, -0.15) is 0 Å². The number of aryl methyl sites for hydroxylation is 1. The molecule has 0 aliphatic carbocycles. The van der Waals surface area contributed by atoms with E-state index in [0.29, 0.717) is 17.1 Å². The van der Waals surface area contributed by atoms with Crippen LogP contribution >= 0.6 is 12.2 Å². The highest BCUT2D eigenvalue weighted by atomic mass is 32.1. The van der Waals surface area contributed by atoms with Gasteiger partial charge in [0.2, 0.25) is 0 Å². The number of hydrogen-bond donors (Lipinski definition) is 1. The Morgan fingerprint density at radius 2 is 2.15 bits per heavy atom. The predicted octanol–water partition coefficient (Wildman–Crippen LogP) is 2.30. The fraction of sp³-hybridized carbons (Fsp3) is 0.562. The largest absolute Gasteiger partial charge is 0.389 e. The summed E-state index contributed by atoms with van der Waals surface area (Å²) in [5, 5.41) is 0. The van der Waals surface area contributed by atoms with Gasteiger partial charge in [-0.3, -0.25) is 4.90 Å². The van der Waals surface area contributed by atoms with Gasteiger partial charge < -0.3 is 10.6 Å². The fourth-order valence-electron chi connectivity index (χ4n) is 3.62. The highest BCUT2D eigenvalue weighted by molar-refractivity contribution is 7.80. The Labute approximate surface area is 126 Å². The molecule has 4 heteroatoms. The van der Waals surface area contributed by atoms with E-state index in [1.54, 1.807) is 0 Å². The number of nitrogens with zero attached hydrogens (tertiary/aromatic N) is 2. The first-order chi connectivity index (χ1) is 9.56. The lowest BCUT2D eigenvalue weighted by molar-refractivity contribution is 0.203. The Morgan fingerprint density at radius 1 is 1.35 bits per heavy atom. The minimum atomic E-state index is 0.504. The maximum atomic E-state index is 5.94. The third-order valence-corrected chi connectivity index (χ3v) is 4.88. The molecule has 3 rings (SSSR count). The molecule has 2 aliphatic heterocycles. The first-order valence-corrected chi connectivity index (χ1v) is 7.88. The average molecular weight is 289 g/mol. The lowest BCUT2D eigenvalue weighted by atomic mass is 10.0. The molecular formula is C16H23N3S. The van der Waals surface area contributed by atoms with Gasteiger partial charge in [0.25, 0.3) is 0 Å². The zero-order valence-electron chi connectivity index (χ0n) is 12.3. The summed E-state index contributed by atoms with van der Waals surface area (Å²) in [7, 11) is 0. The average Bonchev–Trinajstić information content (AvgIpc) is 2.85. The maximum absolute atomic E-state index is 5.94. The van der Waals surface area contributed by atoms with Gasteiger partial charge in [-0.1, -0.05) is 23.8 Å². The SMILES string of the molecule is Cc1ccc(N2CC3CCCN3CC2C)c(C(N)=S)c1. The maximum Gasteiger partial charge on any atom is 0.106 e. The predicted molar refractivity (Wildman–Crippen MR) is 88.5 cm³/mol. The summed E-state index contributed by atoms with van der Waals surface area (Å²) in [4.78, 5) is 5.64. The van der Waals surface area contributed by atoms with E-state index < -0.39 is 0 Å². The van der Waals surface area contributed by atoms with Gasteiger partial charge in [0, 0.05) is 36.4 Å². The molecule has 0 radical (unpaired) electrons. The molecule has 2 unspecified atom stereocenters. The summed E-state index contributed by atoms with van der Waals surface area (Å²) >= 11 is 5.25. The highest BCUT2D eigenvalue weighted by Crippen LogP contribution is 2.31. The van der Waals surface area contributed by atoms with E-state index in [4.69, 9.17) is 18.0 Å². The molecule has 0 spiro atoms. The highest BCUT2D eigenvalue weighted by Gasteiger charge is 2.35. The van der Waals surface area contributed by atoms with Gasteiger partial charge in [-0.05, 0) is 45.4 Å². The van der Waals surface area contributed by atoms with Crippen LogP contribution in [-0.4, -0.2) is 41.6 Å². The molecule has 1 aromatic carbocycles. The van der Waals surface area contributed by atoms with Gasteiger partial charge in [-0.25, -0.2) is 0 Å². The molecule has 2 heterocycles. The third-order valence-electron chi connectivity index (χ3n) is 4.66. The van der Waals surface area contributed by atoms with Crippen molar-refractivity contribution in [1.29, 1.82) is 0 Å². The molecule has 0 amide bonds. The van der Waals surface area contributed by atoms with E-state index in [1.807, 2.05) is 0 Å². The topological polar surface area (TPSA) is 32.5 Å². The minimum Gasteiger partial charge on any atom is -0.389 e. The molecule has 2 fully saturated rings. The number of benzene rings is 1. The summed E-state index contributed by atoms with van der Waals surface area (Å²) in [6.07, 6.45) is 2.65. The van der Waals surface area contributed by atoms with Crippen molar-refractivity contribution in [3.63, 3.8) is 0 Å². The molecule has 0 saturated carbocycles. The summed E-state index contributed by atoms with van der Waals surface area (Å²) in [5.74, 6) is 0. The molecule has 2 N–H and O–H groups in total. The zero-order valence-corrected chi connectivity index (χ0v) is 13.1. The van der Waals surface area contributed by atoms with Crippen LogP contribution in [0.25, 0.3) is 0 Å². The van der Waals surface area contributed by atoms with E-state index >= 15 is 0 Å². The van der Waals surface area contributed by atoms with Crippen molar-refractivity contribution in [1.82, 2.24) is 4.90 Å². The molecule has 2 saturated heterocycles. The van der Waals surface area contributed by atoms with E-state index in [0.717, 1.165) is 18.7 Å². The number of hydrogen-bond acceptors (Lipinski definition) is 3. The Morgan fingerprint density at radius 3 is 2.90 bits per heavy atom. The number of piperazine rings is 1. The molecule has 2 atom stereocenters. The molecule has 2 aliphatic rings. The lowest BCUT2D eigenvalue weighted by Crippen LogP contribution is -2.55. The van der Waals surface area contributed by atoms with Crippen molar-refractivity contribution in [2.75, 3.05) is 24.5 Å². The quantitative estimate of drug-likeness (QED) is 0.847. The number of nitrogens with two attached hydrogens (primary N) is 1. The van der Waals surface area contributed by atoms with Crippen molar-refractivity contribution in [2.24, 2.45) is 5.73 Å². The smallest absolute Gasteiger partial charge is 0.106 e. The Bertz CT molecular complexity index is 528. The summed E-state index contributed by atoms with van der Waals surface area (Å²) in [6, 6.07) is 7.67. The monoisotopic (exact) mass is 289 g/mol. The van der Waals surface area contributed by atoms with Gasteiger partial charge in [0.05, 0.1) is 0 Å². The number of thiocarbonyl (C=S) groups is 1. The molecule has 0 bridgehead atoms. The van der Waals surface area contributed by atoms with Crippen LogP contribution in [0.4, 0.5) is 5.69 Å². The van der Waals surface area contributed by atoms with Crippen LogP contribution in [0, 0.1) is 6.92 Å². The second-order valence-electron chi connectivity index (χ2n) is 6.18. The van der Waals surface area contributed by atoms with Gasteiger partial charge >= 0.3 is 0 Å². The van der Waals surface area contributed by atoms with Crippen molar-refractivity contribution in [3.05, 3.63) is 29.3 Å².